The van der Waals surface area contributed by atoms with Crippen LogP contribution in [0.25, 0.3) is 0 Å². The third-order valence-corrected chi connectivity index (χ3v) is 4.23. The van der Waals surface area contributed by atoms with Gasteiger partial charge in [0.15, 0.2) is 0 Å². The van der Waals surface area contributed by atoms with Gasteiger partial charge < -0.3 is 0 Å². The molecule has 17 heavy (non-hydrogen) atoms. The quantitative estimate of drug-likeness (QED) is 0.769. The van der Waals surface area contributed by atoms with Crippen LogP contribution in [0.2, 0.25) is 0 Å². The van der Waals surface area contributed by atoms with Crippen molar-refractivity contribution in [2.75, 3.05) is 5.75 Å². The van der Waals surface area contributed by atoms with Gasteiger partial charge in [0.05, 0.1) is 18.1 Å². The molecule has 0 aromatic carbocycles. The van der Waals surface area contributed by atoms with Crippen LogP contribution in [0, 0.1) is 12.7 Å². The van der Waals surface area contributed by atoms with Gasteiger partial charge in [-0.3, -0.25) is 9.17 Å². The van der Waals surface area contributed by atoms with Crippen molar-refractivity contribution >= 4 is 10.1 Å². The summed E-state index contributed by atoms with van der Waals surface area (Å²) in [7, 11) is -3.49. The molecule has 6 heteroatoms. The summed E-state index contributed by atoms with van der Waals surface area (Å²) < 4.78 is 41.2. The van der Waals surface area contributed by atoms with Gasteiger partial charge in [-0.1, -0.05) is 0 Å². The van der Waals surface area contributed by atoms with E-state index in [2.05, 4.69) is 4.98 Å². The van der Waals surface area contributed by atoms with Gasteiger partial charge in [0, 0.05) is 18.5 Å². The number of rotatable bonds is 3. The fourth-order valence-electron chi connectivity index (χ4n) is 2.03. The van der Waals surface area contributed by atoms with Gasteiger partial charge in [0.25, 0.3) is 10.1 Å². The number of halogens is 1. The van der Waals surface area contributed by atoms with Gasteiger partial charge in [-0.25, -0.2) is 4.39 Å². The van der Waals surface area contributed by atoms with Crippen LogP contribution in [0.3, 0.4) is 0 Å². The lowest BCUT2D eigenvalue weighted by atomic mass is 10.1. The van der Waals surface area contributed by atoms with Crippen molar-refractivity contribution in [2.45, 2.75) is 32.8 Å². The molecule has 1 aliphatic rings. The summed E-state index contributed by atoms with van der Waals surface area (Å²) in [6.07, 6.45) is 1.38. The highest BCUT2D eigenvalue weighted by molar-refractivity contribution is 7.86. The van der Waals surface area contributed by atoms with Crippen molar-refractivity contribution in [3.63, 3.8) is 0 Å². The molecule has 0 fully saturated rings. The van der Waals surface area contributed by atoms with E-state index in [1.165, 1.54) is 13.1 Å². The van der Waals surface area contributed by atoms with Crippen molar-refractivity contribution in [1.29, 1.82) is 0 Å². The highest BCUT2D eigenvalue weighted by Gasteiger charge is 2.30. The first-order valence-electron chi connectivity index (χ1n) is 5.46. The molecule has 0 aliphatic heterocycles. The van der Waals surface area contributed by atoms with Crippen LogP contribution in [0.5, 0.6) is 0 Å². The lowest BCUT2D eigenvalue weighted by Crippen LogP contribution is -2.20. The molecule has 0 N–H and O–H groups in total. The Hall–Kier alpha value is -1.01. The highest BCUT2D eigenvalue weighted by atomic mass is 32.2. The largest absolute Gasteiger partial charge is 0.267 e. The van der Waals surface area contributed by atoms with Crippen LogP contribution < -0.4 is 0 Å². The number of hydrogen-bond acceptors (Lipinski definition) is 4. The third kappa shape index (κ3) is 2.47. The number of nitrogens with zero attached hydrogens (tertiary/aromatic N) is 1. The Morgan fingerprint density at radius 1 is 1.47 bits per heavy atom. The molecule has 1 aromatic heterocycles. The Morgan fingerprint density at radius 3 is 2.71 bits per heavy atom. The molecule has 4 nitrogen and oxygen atoms in total. The summed E-state index contributed by atoms with van der Waals surface area (Å²) >= 11 is 0. The zero-order valence-corrected chi connectivity index (χ0v) is 10.6. The van der Waals surface area contributed by atoms with Crippen molar-refractivity contribution in [3.8, 4) is 0 Å². The molecule has 1 unspecified atom stereocenters. The van der Waals surface area contributed by atoms with Crippen LogP contribution in [-0.4, -0.2) is 25.3 Å². The Labute approximate surface area is 99.9 Å². The smallest absolute Gasteiger partial charge is 0.266 e. The topological polar surface area (TPSA) is 56.3 Å². The van der Waals surface area contributed by atoms with E-state index in [-0.39, 0.29) is 11.6 Å². The molecular weight excluding hydrogens is 245 g/mol. The number of hydrogen-bond donors (Lipinski definition) is 0. The van der Waals surface area contributed by atoms with Gasteiger partial charge in [-0.05, 0) is 25.0 Å². The van der Waals surface area contributed by atoms with Crippen molar-refractivity contribution in [2.24, 2.45) is 0 Å². The lowest BCUT2D eigenvalue weighted by Gasteiger charge is -2.09. The average Bonchev–Trinajstić information content (AvgIpc) is 2.68. The molecule has 1 heterocycles. The maximum Gasteiger partial charge on any atom is 0.267 e. The Balaban J connectivity index is 2.22. The van der Waals surface area contributed by atoms with Crippen LogP contribution in [0.4, 0.5) is 4.39 Å². The summed E-state index contributed by atoms with van der Waals surface area (Å²) in [4.78, 5) is 3.92. The van der Waals surface area contributed by atoms with Gasteiger partial charge >= 0.3 is 0 Å². The standard InChI is InChI=1S/C11H14FNO3S/c1-3-17(14,15)16-8-4-9-7(2)13-6-11(12)10(9)5-8/h6,8H,3-5H2,1-2H3. The second kappa shape index (κ2) is 4.34. The van der Waals surface area contributed by atoms with E-state index < -0.39 is 16.2 Å². The minimum Gasteiger partial charge on any atom is -0.266 e. The number of aromatic nitrogens is 1. The molecule has 2 rings (SSSR count). The Kier molecular flexibility index (Phi) is 3.18. The van der Waals surface area contributed by atoms with Crippen LogP contribution >= 0.6 is 0 Å². The summed E-state index contributed by atoms with van der Waals surface area (Å²) in [5.74, 6) is -0.454. The summed E-state index contributed by atoms with van der Waals surface area (Å²) in [5.41, 5.74) is 2.05. The van der Waals surface area contributed by atoms with E-state index in [0.29, 0.717) is 18.4 Å². The highest BCUT2D eigenvalue weighted by Crippen LogP contribution is 2.28. The van der Waals surface area contributed by atoms with Gasteiger partial charge in [0.1, 0.15) is 5.82 Å². The zero-order chi connectivity index (χ0) is 12.6. The third-order valence-electron chi connectivity index (χ3n) is 2.96. The molecular formula is C11H14FNO3S. The number of pyridine rings is 1. The average molecular weight is 259 g/mol. The molecule has 1 aromatic rings. The molecule has 94 valence electrons. The Morgan fingerprint density at radius 2 is 2.12 bits per heavy atom. The molecule has 1 aliphatic carbocycles. The number of fused-ring (bicyclic) bond motifs is 1. The normalized spacial score (nSPS) is 19.4. The lowest BCUT2D eigenvalue weighted by molar-refractivity contribution is 0.221. The van der Waals surface area contributed by atoms with E-state index in [4.69, 9.17) is 4.18 Å². The molecule has 0 radical (unpaired) electrons. The first-order chi connectivity index (χ1) is 7.93. The molecule has 1 atom stereocenters. The second-order valence-corrected chi connectivity index (χ2v) is 6.01. The summed E-state index contributed by atoms with van der Waals surface area (Å²) in [5, 5.41) is 0. The first kappa shape index (κ1) is 12.4. The number of aryl methyl sites for hydroxylation is 1. The molecule has 0 spiro atoms. The summed E-state index contributed by atoms with van der Waals surface area (Å²) in [6, 6.07) is 0. The fraction of sp³-hybridized carbons (Fsp3) is 0.545. The van der Waals surface area contributed by atoms with Gasteiger partial charge in [0.2, 0.25) is 0 Å². The van der Waals surface area contributed by atoms with E-state index in [1.807, 2.05) is 0 Å². The minimum atomic E-state index is -3.49. The fourth-order valence-corrected chi connectivity index (χ4v) is 2.72. The molecule has 0 saturated carbocycles. The van der Waals surface area contributed by atoms with Crippen molar-refractivity contribution in [3.05, 3.63) is 28.8 Å². The SMILES string of the molecule is CCS(=O)(=O)OC1Cc2c(F)cnc(C)c2C1. The van der Waals surface area contributed by atoms with Gasteiger partial charge in [-0.2, -0.15) is 8.42 Å². The maximum atomic E-state index is 13.5. The maximum absolute atomic E-state index is 13.5. The zero-order valence-electron chi connectivity index (χ0n) is 9.73. The van der Waals surface area contributed by atoms with Crippen molar-refractivity contribution in [1.82, 2.24) is 4.98 Å². The van der Waals surface area contributed by atoms with E-state index in [1.54, 1.807) is 6.92 Å². The van der Waals surface area contributed by atoms with Crippen LogP contribution in [0.1, 0.15) is 23.7 Å². The molecule has 0 amide bonds. The van der Waals surface area contributed by atoms with E-state index >= 15 is 0 Å². The van der Waals surface area contributed by atoms with Crippen LogP contribution in [-0.2, 0) is 27.1 Å². The van der Waals surface area contributed by atoms with Gasteiger partial charge in [-0.15, -0.1) is 0 Å². The molecule has 0 saturated heterocycles. The van der Waals surface area contributed by atoms with E-state index in [9.17, 15) is 12.8 Å². The summed E-state index contributed by atoms with van der Waals surface area (Å²) in [6.45, 7) is 3.31. The predicted octanol–water partition coefficient (Wildman–Crippen LogP) is 1.36. The molecule has 0 bridgehead atoms. The monoisotopic (exact) mass is 259 g/mol. The predicted molar refractivity (Wildman–Crippen MR) is 60.7 cm³/mol. The van der Waals surface area contributed by atoms with Crippen molar-refractivity contribution < 1.29 is 17.0 Å². The Bertz CT molecular complexity index is 511. The first-order valence-corrected chi connectivity index (χ1v) is 7.04. The second-order valence-electron chi connectivity index (χ2n) is 4.12. The minimum absolute atomic E-state index is 0.0699. The van der Waals surface area contributed by atoms with E-state index in [0.717, 1.165) is 11.3 Å². The van der Waals surface area contributed by atoms with Crippen LogP contribution in [0.15, 0.2) is 6.20 Å².